The topological polar surface area (TPSA) is 78.5 Å². The Kier molecular flexibility index (Phi) is 4.11. The Bertz CT molecular complexity index is 665. The zero-order valence-electron chi connectivity index (χ0n) is 13.2. The average molecular weight is 314 g/mol. The van der Waals surface area contributed by atoms with Gasteiger partial charge in [0, 0.05) is 11.6 Å². The van der Waals surface area contributed by atoms with Crippen LogP contribution in [0.1, 0.15) is 42.1 Å². The molecule has 2 aliphatic rings. The van der Waals surface area contributed by atoms with Crippen LogP contribution in [0.5, 0.6) is 0 Å². The Hall–Kier alpha value is -2.30. The van der Waals surface area contributed by atoms with E-state index in [2.05, 4.69) is 5.32 Å². The molecule has 1 aliphatic heterocycles. The van der Waals surface area contributed by atoms with Crippen LogP contribution in [0.25, 0.3) is 0 Å². The minimum Gasteiger partial charge on any atom is -0.548 e. The summed E-state index contributed by atoms with van der Waals surface area (Å²) in [6, 6.07) is 4.52. The van der Waals surface area contributed by atoms with Crippen molar-refractivity contribution in [2.45, 2.75) is 32.2 Å². The van der Waals surface area contributed by atoms with Crippen molar-refractivity contribution < 1.29 is 19.4 Å². The van der Waals surface area contributed by atoms with E-state index in [0.29, 0.717) is 18.6 Å². The van der Waals surface area contributed by atoms with E-state index in [1.807, 2.05) is 32.1 Å². The second-order valence-electron chi connectivity index (χ2n) is 6.59. The summed E-state index contributed by atoms with van der Waals surface area (Å²) in [5, 5.41) is 14.4. The van der Waals surface area contributed by atoms with Crippen molar-refractivity contribution >= 4 is 17.6 Å². The maximum absolute atomic E-state index is 12.1. The number of ether oxygens (including phenoxy) is 1. The molecule has 0 saturated carbocycles. The maximum atomic E-state index is 12.1. The van der Waals surface area contributed by atoms with E-state index in [-0.39, 0.29) is 23.7 Å². The monoisotopic (exact) mass is 314 g/mol. The highest BCUT2D eigenvalue weighted by Crippen LogP contribution is 2.44. The normalized spacial score (nSPS) is 24.7. The van der Waals surface area contributed by atoms with Gasteiger partial charge in [-0.2, -0.15) is 0 Å². The first-order valence-electron chi connectivity index (χ1n) is 7.92. The van der Waals surface area contributed by atoms with Crippen molar-refractivity contribution in [2.75, 3.05) is 11.9 Å². The number of rotatable bonds is 4. The van der Waals surface area contributed by atoms with E-state index >= 15 is 0 Å². The molecule has 0 fully saturated rings. The van der Waals surface area contributed by atoms with Gasteiger partial charge in [0.15, 0.2) is 0 Å². The van der Waals surface area contributed by atoms with Gasteiger partial charge in [-0.15, -0.1) is 0 Å². The van der Waals surface area contributed by atoms with Gasteiger partial charge < -0.3 is 20.0 Å². The minimum atomic E-state index is -1.09. The van der Waals surface area contributed by atoms with Gasteiger partial charge >= 0.3 is 5.97 Å². The van der Waals surface area contributed by atoms with Gasteiger partial charge in [0.05, 0.1) is 24.2 Å². The molecule has 1 aromatic rings. The van der Waals surface area contributed by atoms with Gasteiger partial charge in [0.25, 0.3) is 0 Å². The van der Waals surface area contributed by atoms with Gasteiger partial charge in [-0.3, -0.25) is 0 Å². The highest BCUT2D eigenvalue weighted by molar-refractivity contribution is 5.91. The molecule has 3 rings (SSSR count). The Morgan fingerprint density at radius 2 is 2.17 bits per heavy atom. The van der Waals surface area contributed by atoms with Crippen LogP contribution in [-0.4, -0.2) is 24.6 Å². The molecule has 0 saturated heterocycles. The molecular formula is C18H20NO4-. The number of fused-ring (bicyclic) bond motifs is 3. The maximum Gasteiger partial charge on any atom is 0.338 e. The number of anilines is 1. The number of hydrogen-bond acceptors (Lipinski definition) is 5. The van der Waals surface area contributed by atoms with Crippen molar-refractivity contribution in [2.24, 2.45) is 11.8 Å². The molecule has 0 aromatic heterocycles. The second kappa shape index (κ2) is 6.07. The van der Waals surface area contributed by atoms with Crippen LogP contribution in [-0.2, 0) is 9.53 Å². The predicted molar refractivity (Wildman–Crippen MR) is 84.0 cm³/mol. The molecule has 0 bridgehead atoms. The summed E-state index contributed by atoms with van der Waals surface area (Å²) < 4.78 is 5.27. The van der Waals surface area contributed by atoms with Crippen LogP contribution >= 0.6 is 0 Å². The van der Waals surface area contributed by atoms with E-state index in [0.717, 1.165) is 11.3 Å². The largest absolute Gasteiger partial charge is 0.548 e. The molecule has 1 aromatic carbocycles. The lowest BCUT2D eigenvalue weighted by molar-refractivity contribution is -0.308. The number of carboxylic acids is 1. The predicted octanol–water partition coefficient (Wildman–Crippen LogP) is 1.70. The molecule has 0 unspecified atom stereocenters. The smallest absolute Gasteiger partial charge is 0.338 e. The standard InChI is InChI=1S/C18H21NO4/c1-10(2)9-23-18(22)11-6-7-15-14(8-11)12-4-3-5-13(12)16(19-15)17(20)21/h3-4,6-8,10,12-13,16,19H,5,9H2,1-2H3,(H,20,21)/p-1/t12-,13-,16-/m1/s1. The Balaban J connectivity index is 1.88. The summed E-state index contributed by atoms with van der Waals surface area (Å²) in [6.07, 6.45) is 4.70. The van der Waals surface area contributed by atoms with Crippen molar-refractivity contribution in [3.05, 3.63) is 41.5 Å². The fourth-order valence-electron chi connectivity index (χ4n) is 3.28. The molecule has 0 radical (unpaired) electrons. The summed E-state index contributed by atoms with van der Waals surface area (Å²) in [6.45, 7) is 4.35. The van der Waals surface area contributed by atoms with Gasteiger partial charge in [0.1, 0.15) is 0 Å². The third-order valence-electron chi connectivity index (χ3n) is 4.40. The summed E-state index contributed by atoms with van der Waals surface area (Å²) in [5.41, 5.74) is 2.19. The molecule has 1 aliphatic carbocycles. The zero-order valence-corrected chi connectivity index (χ0v) is 13.2. The van der Waals surface area contributed by atoms with Crippen molar-refractivity contribution in [1.82, 2.24) is 0 Å². The molecule has 122 valence electrons. The molecular weight excluding hydrogens is 294 g/mol. The van der Waals surface area contributed by atoms with Crippen LogP contribution in [0.3, 0.4) is 0 Å². The lowest BCUT2D eigenvalue weighted by atomic mass is 9.79. The number of nitrogens with one attached hydrogen (secondary N) is 1. The second-order valence-corrected chi connectivity index (χ2v) is 6.59. The Morgan fingerprint density at radius 1 is 1.39 bits per heavy atom. The van der Waals surface area contributed by atoms with Crippen LogP contribution in [0.2, 0.25) is 0 Å². The first kappa shape index (κ1) is 15.6. The minimum absolute atomic E-state index is 0.00741. The first-order chi connectivity index (χ1) is 11.0. The molecule has 5 heteroatoms. The van der Waals surface area contributed by atoms with Gasteiger partial charge in [0.2, 0.25) is 0 Å². The van der Waals surface area contributed by atoms with Crippen LogP contribution in [0.4, 0.5) is 5.69 Å². The molecule has 1 N–H and O–H groups in total. The molecule has 5 nitrogen and oxygen atoms in total. The molecule has 1 heterocycles. The number of carbonyl (C=O) groups is 2. The molecule has 0 spiro atoms. The third-order valence-corrected chi connectivity index (χ3v) is 4.40. The average Bonchev–Trinajstić information content (AvgIpc) is 3.00. The van der Waals surface area contributed by atoms with Gasteiger partial charge in [-0.1, -0.05) is 26.0 Å². The van der Waals surface area contributed by atoms with E-state index in [1.54, 1.807) is 12.1 Å². The van der Waals surface area contributed by atoms with Gasteiger partial charge in [-0.05, 0) is 42.0 Å². The van der Waals surface area contributed by atoms with Crippen molar-refractivity contribution in [1.29, 1.82) is 0 Å². The SMILES string of the molecule is CC(C)COC(=O)c1ccc2c(c1)[C@@H]1C=CC[C@H]1[C@H](C(=O)[O-])N2. The lowest BCUT2D eigenvalue weighted by Gasteiger charge is -2.37. The number of benzene rings is 1. The molecule has 23 heavy (non-hydrogen) atoms. The summed E-state index contributed by atoms with van der Waals surface area (Å²) in [4.78, 5) is 23.5. The van der Waals surface area contributed by atoms with E-state index in [4.69, 9.17) is 4.74 Å². The summed E-state index contributed by atoms with van der Waals surface area (Å²) in [5.74, 6) is -1.23. The highest BCUT2D eigenvalue weighted by Gasteiger charge is 2.38. The van der Waals surface area contributed by atoms with Crippen molar-refractivity contribution in [3.63, 3.8) is 0 Å². The van der Waals surface area contributed by atoms with E-state index < -0.39 is 12.0 Å². The van der Waals surface area contributed by atoms with Crippen LogP contribution < -0.4 is 10.4 Å². The molecule has 0 amide bonds. The molecule has 3 atom stereocenters. The number of carboxylic acid groups (broad SMARTS) is 1. The van der Waals surface area contributed by atoms with Crippen molar-refractivity contribution in [3.8, 4) is 0 Å². The number of esters is 1. The van der Waals surface area contributed by atoms with Crippen LogP contribution in [0, 0.1) is 11.8 Å². The Labute approximate surface area is 135 Å². The third kappa shape index (κ3) is 2.96. The zero-order chi connectivity index (χ0) is 16.6. The number of hydrogen-bond donors (Lipinski definition) is 1. The summed E-state index contributed by atoms with van der Waals surface area (Å²) >= 11 is 0. The van der Waals surface area contributed by atoms with E-state index in [1.165, 1.54) is 0 Å². The quantitative estimate of drug-likeness (QED) is 0.676. The van der Waals surface area contributed by atoms with Gasteiger partial charge in [-0.25, -0.2) is 4.79 Å². The van der Waals surface area contributed by atoms with E-state index in [9.17, 15) is 14.7 Å². The highest BCUT2D eigenvalue weighted by atomic mass is 16.5. The number of carbonyl (C=O) groups excluding carboxylic acids is 2. The van der Waals surface area contributed by atoms with Crippen LogP contribution in [0.15, 0.2) is 30.4 Å². The fraction of sp³-hybridized carbons (Fsp3) is 0.444. The number of aliphatic carboxylic acids is 1. The first-order valence-corrected chi connectivity index (χ1v) is 7.92. The lowest BCUT2D eigenvalue weighted by Crippen LogP contribution is -2.48. The Morgan fingerprint density at radius 3 is 2.87 bits per heavy atom. The number of allylic oxidation sites excluding steroid dienone is 2. The summed E-state index contributed by atoms with van der Waals surface area (Å²) in [7, 11) is 0. The fourth-order valence-corrected chi connectivity index (χ4v) is 3.28.